The lowest BCUT2D eigenvalue weighted by molar-refractivity contribution is 0.0510. The molecule has 1 unspecified atom stereocenters. The molecule has 0 aromatic carbocycles. The van der Waals surface area contributed by atoms with Crippen molar-refractivity contribution in [3.8, 4) is 0 Å². The van der Waals surface area contributed by atoms with Gasteiger partial charge >= 0.3 is 0 Å². The number of nitrogens with zero attached hydrogens (tertiary/aromatic N) is 2. The molecule has 7 heteroatoms. The first-order valence-corrected chi connectivity index (χ1v) is 8.21. The molecular weight excluding hydrogens is 257 g/mol. The highest BCUT2D eigenvalue weighted by atomic mass is 32.2. The van der Waals surface area contributed by atoms with Crippen LogP contribution in [-0.2, 0) is 10.0 Å². The molecule has 1 atom stereocenters. The zero-order valence-corrected chi connectivity index (χ0v) is 12.2. The van der Waals surface area contributed by atoms with Gasteiger partial charge < -0.3 is 0 Å². The maximum Gasteiger partial charge on any atom is 0.208 e. The van der Waals surface area contributed by atoms with Crippen molar-refractivity contribution in [1.29, 1.82) is 0 Å². The van der Waals surface area contributed by atoms with Gasteiger partial charge in [-0.1, -0.05) is 0 Å². The van der Waals surface area contributed by atoms with Gasteiger partial charge in [0.2, 0.25) is 10.0 Å². The molecule has 0 spiro atoms. The first-order valence-electron chi connectivity index (χ1n) is 6.32. The molecule has 0 aliphatic carbocycles. The lowest BCUT2D eigenvalue weighted by Crippen LogP contribution is -2.59. The average molecular weight is 281 g/mol. The van der Waals surface area contributed by atoms with Gasteiger partial charge in [-0.2, -0.15) is 0 Å². The van der Waals surface area contributed by atoms with Gasteiger partial charge in [0.1, 0.15) is 6.67 Å². The van der Waals surface area contributed by atoms with E-state index in [-0.39, 0.29) is 12.7 Å². The van der Waals surface area contributed by atoms with Gasteiger partial charge in [0, 0.05) is 44.8 Å². The van der Waals surface area contributed by atoms with E-state index in [1.54, 1.807) is 0 Å². The summed E-state index contributed by atoms with van der Waals surface area (Å²) in [5.74, 6) is 0. The molecule has 1 N–H and O–H groups in total. The summed E-state index contributed by atoms with van der Waals surface area (Å²) in [7, 11) is -3.17. The van der Waals surface area contributed by atoms with Crippen LogP contribution in [0.3, 0.4) is 0 Å². The predicted molar refractivity (Wildman–Crippen MR) is 70.9 cm³/mol. The van der Waals surface area contributed by atoms with Crippen LogP contribution in [0.25, 0.3) is 0 Å². The molecular formula is C11H24FN3O2S. The fraction of sp³-hybridized carbons (Fsp3) is 1.00. The topological polar surface area (TPSA) is 52.6 Å². The number of nitrogens with one attached hydrogen (secondary N) is 1. The van der Waals surface area contributed by atoms with Gasteiger partial charge in [-0.25, -0.2) is 17.5 Å². The summed E-state index contributed by atoms with van der Waals surface area (Å²) in [6, 6.07) is 0.476. The largest absolute Gasteiger partial charge is 0.298 e. The first-order chi connectivity index (χ1) is 8.33. The molecule has 18 heavy (non-hydrogen) atoms. The van der Waals surface area contributed by atoms with Crippen molar-refractivity contribution in [2.45, 2.75) is 25.9 Å². The van der Waals surface area contributed by atoms with E-state index < -0.39 is 10.0 Å². The van der Waals surface area contributed by atoms with Gasteiger partial charge in [-0.15, -0.1) is 0 Å². The normalized spacial score (nSPS) is 23.7. The fourth-order valence-corrected chi connectivity index (χ4v) is 2.86. The lowest BCUT2D eigenvalue weighted by Gasteiger charge is -2.43. The lowest BCUT2D eigenvalue weighted by atomic mass is 10.1. The molecule has 1 saturated heterocycles. The van der Waals surface area contributed by atoms with E-state index in [1.165, 1.54) is 0 Å². The zero-order chi connectivity index (χ0) is 13.8. The summed E-state index contributed by atoms with van der Waals surface area (Å²) in [6.07, 6.45) is 1.16. The Morgan fingerprint density at radius 3 is 2.56 bits per heavy atom. The van der Waals surface area contributed by atoms with Crippen LogP contribution in [0, 0.1) is 0 Å². The summed E-state index contributed by atoms with van der Waals surface area (Å²) < 4.78 is 37.2. The molecule has 0 saturated carbocycles. The van der Waals surface area contributed by atoms with Crippen LogP contribution in [-0.4, -0.2) is 76.0 Å². The summed E-state index contributed by atoms with van der Waals surface area (Å²) >= 11 is 0. The molecule has 0 aromatic rings. The SMILES string of the molecule is CC(C)N1CCN(CCF)CC1CNS(C)(=O)=O. The molecule has 0 radical (unpaired) electrons. The van der Waals surface area contributed by atoms with E-state index in [4.69, 9.17) is 0 Å². The molecule has 1 fully saturated rings. The van der Waals surface area contributed by atoms with Crippen molar-refractivity contribution < 1.29 is 12.8 Å². The van der Waals surface area contributed by atoms with E-state index in [1.807, 2.05) is 4.90 Å². The molecule has 1 aliphatic rings. The van der Waals surface area contributed by atoms with Gasteiger partial charge in [0.25, 0.3) is 0 Å². The van der Waals surface area contributed by atoms with Crippen LogP contribution >= 0.6 is 0 Å². The average Bonchev–Trinajstić information content (AvgIpc) is 2.25. The van der Waals surface area contributed by atoms with Crippen LogP contribution in [0.4, 0.5) is 4.39 Å². The van der Waals surface area contributed by atoms with Crippen LogP contribution in [0.15, 0.2) is 0 Å². The predicted octanol–water partition coefficient (Wildman–Crippen LogP) is -0.100. The standard InChI is InChI=1S/C11H24FN3O2S/c1-10(2)15-7-6-14(5-4-12)9-11(15)8-13-18(3,16)17/h10-11,13H,4-9H2,1-3H3. The van der Waals surface area contributed by atoms with E-state index in [0.717, 1.165) is 19.3 Å². The minimum atomic E-state index is -3.17. The van der Waals surface area contributed by atoms with Crippen molar-refractivity contribution in [2.75, 3.05) is 45.7 Å². The van der Waals surface area contributed by atoms with Gasteiger partial charge in [-0.3, -0.25) is 9.80 Å². The Morgan fingerprint density at radius 1 is 1.39 bits per heavy atom. The van der Waals surface area contributed by atoms with Crippen LogP contribution in [0.5, 0.6) is 0 Å². The summed E-state index contributed by atoms with van der Waals surface area (Å²) in [5.41, 5.74) is 0. The number of halogens is 1. The molecule has 0 amide bonds. The van der Waals surface area contributed by atoms with Crippen LogP contribution in [0.1, 0.15) is 13.8 Å². The molecule has 1 aliphatic heterocycles. The van der Waals surface area contributed by atoms with Crippen LogP contribution < -0.4 is 4.72 Å². The number of rotatable bonds is 6. The number of hydrogen-bond donors (Lipinski definition) is 1. The van der Waals surface area contributed by atoms with Crippen molar-refractivity contribution in [2.24, 2.45) is 0 Å². The quantitative estimate of drug-likeness (QED) is 0.739. The smallest absolute Gasteiger partial charge is 0.208 e. The molecule has 0 bridgehead atoms. The highest BCUT2D eigenvalue weighted by Gasteiger charge is 2.28. The van der Waals surface area contributed by atoms with Crippen molar-refractivity contribution in [3.63, 3.8) is 0 Å². The Labute approximate surface area is 109 Å². The third kappa shape index (κ3) is 5.17. The number of piperazine rings is 1. The van der Waals surface area contributed by atoms with E-state index in [0.29, 0.717) is 25.7 Å². The Balaban J connectivity index is 2.60. The maximum absolute atomic E-state index is 12.4. The number of sulfonamides is 1. The first kappa shape index (κ1) is 15.8. The molecule has 5 nitrogen and oxygen atoms in total. The van der Waals surface area contributed by atoms with Gasteiger partial charge in [-0.05, 0) is 13.8 Å². The second kappa shape index (κ2) is 6.79. The minimum absolute atomic E-state index is 0.111. The fourth-order valence-electron chi connectivity index (χ4n) is 2.37. The molecule has 1 rings (SSSR count). The van der Waals surface area contributed by atoms with E-state index in [9.17, 15) is 12.8 Å². The minimum Gasteiger partial charge on any atom is -0.298 e. The van der Waals surface area contributed by atoms with Crippen molar-refractivity contribution in [3.05, 3.63) is 0 Å². The Kier molecular flexibility index (Phi) is 5.97. The second-order valence-corrected chi connectivity index (χ2v) is 6.93. The maximum atomic E-state index is 12.4. The monoisotopic (exact) mass is 281 g/mol. The molecule has 108 valence electrons. The Bertz CT molecular complexity index is 348. The highest BCUT2D eigenvalue weighted by Crippen LogP contribution is 2.13. The highest BCUT2D eigenvalue weighted by molar-refractivity contribution is 7.88. The van der Waals surface area contributed by atoms with E-state index >= 15 is 0 Å². The third-order valence-electron chi connectivity index (χ3n) is 3.26. The number of alkyl halides is 1. The van der Waals surface area contributed by atoms with Gasteiger partial charge in [0.15, 0.2) is 0 Å². The van der Waals surface area contributed by atoms with E-state index in [2.05, 4.69) is 23.5 Å². The second-order valence-electron chi connectivity index (χ2n) is 5.10. The molecule has 1 heterocycles. The Hall–Kier alpha value is -0.240. The number of hydrogen-bond acceptors (Lipinski definition) is 4. The summed E-state index contributed by atoms with van der Waals surface area (Å²) in [5, 5.41) is 0. The van der Waals surface area contributed by atoms with Gasteiger partial charge in [0.05, 0.1) is 6.26 Å². The van der Waals surface area contributed by atoms with Crippen molar-refractivity contribution in [1.82, 2.24) is 14.5 Å². The van der Waals surface area contributed by atoms with Crippen LogP contribution in [0.2, 0.25) is 0 Å². The van der Waals surface area contributed by atoms with Crippen molar-refractivity contribution >= 4 is 10.0 Å². The Morgan fingerprint density at radius 2 is 2.06 bits per heavy atom. The molecule has 0 aromatic heterocycles. The zero-order valence-electron chi connectivity index (χ0n) is 11.4. The summed E-state index contributed by atoms with van der Waals surface area (Å²) in [4.78, 5) is 4.32. The summed E-state index contributed by atoms with van der Waals surface area (Å²) in [6.45, 7) is 7.07. The third-order valence-corrected chi connectivity index (χ3v) is 3.95.